The number of benzene rings is 1. The number of rotatable bonds is 3. The first-order valence-electron chi connectivity index (χ1n) is 6.02. The molecule has 0 saturated heterocycles. The Labute approximate surface area is 100 Å². The summed E-state index contributed by atoms with van der Waals surface area (Å²) in [6.45, 7) is 1.52. The average molecular weight is 229 g/mol. The van der Waals surface area contributed by atoms with Crippen LogP contribution in [0.5, 0.6) is 5.75 Å². The molecule has 1 aliphatic heterocycles. The molecule has 0 unspecified atom stereocenters. The van der Waals surface area contributed by atoms with Crippen LogP contribution >= 0.6 is 0 Å². The topological polar surface area (TPSA) is 39.9 Å². The summed E-state index contributed by atoms with van der Waals surface area (Å²) in [5.41, 5.74) is 0. The Morgan fingerprint density at radius 2 is 2.00 bits per heavy atom. The molecule has 0 bridgehead atoms. The van der Waals surface area contributed by atoms with E-state index in [1.165, 1.54) is 12.8 Å². The maximum atomic E-state index is 5.69. The zero-order valence-corrected chi connectivity index (χ0v) is 9.67. The summed E-state index contributed by atoms with van der Waals surface area (Å²) in [5.74, 6) is 2.91. The van der Waals surface area contributed by atoms with Gasteiger partial charge in [-0.2, -0.15) is 0 Å². The Bertz CT molecular complexity index is 493. The van der Waals surface area contributed by atoms with Gasteiger partial charge in [-0.15, -0.1) is 10.2 Å². The summed E-state index contributed by atoms with van der Waals surface area (Å²) in [6.07, 6.45) is 3.47. The van der Waals surface area contributed by atoms with Gasteiger partial charge in [-0.05, 0) is 25.0 Å². The lowest BCUT2D eigenvalue weighted by Crippen LogP contribution is -2.14. The second kappa shape index (κ2) is 4.57. The van der Waals surface area contributed by atoms with Crippen LogP contribution in [0.2, 0.25) is 0 Å². The van der Waals surface area contributed by atoms with Crippen molar-refractivity contribution in [2.75, 3.05) is 0 Å². The lowest BCUT2D eigenvalue weighted by Gasteiger charge is -2.14. The van der Waals surface area contributed by atoms with Gasteiger partial charge in [-0.25, -0.2) is 0 Å². The highest BCUT2D eigenvalue weighted by Gasteiger charge is 2.15. The van der Waals surface area contributed by atoms with E-state index in [0.717, 1.165) is 30.4 Å². The molecule has 0 N–H and O–H groups in total. The maximum Gasteiger partial charge on any atom is 0.171 e. The van der Waals surface area contributed by atoms with Crippen molar-refractivity contribution in [1.29, 1.82) is 0 Å². The summed E-state index contributed by atoms with van der Waals surface area (Å²) in [5, 5.41) is 8.40. The van der Waals surface area contributed by atoms with E-state index in [0.29, 0.717) is 6.61 Å². The first-order valence-corrected chi connectivity index (χ1v) is 6.02. The summed E-state index contributed by atoms with van der Waals surface area (Å²) in [6, 6.07) is 9.82. The van der Waals surface area contributed by atoms with Gasteiger partial charge in [0.05, 0.1) is 0 Å². The average Bonchev–Trinajstić information content (AvgIpc) is 2.81. The molecule has 1 aliphatic rings. The van der Waals surface area contributed by atoms with Crippen LogP contribution in [0.25, 0.3) is 0 Å². The molecule has 4 nitrogen and oxygen atoms in total. The van der Waals surface area contributed by atoms with Crippen molar-refractivity contribution >= 4 is 0 Å². The molecule has 4 heteroatoms. The number of nitrogens with zero attached hydrogens (tertiary/aromatic N) is 3. The molecular weight excluding hydrogens is 214 g/mol. The van der Waals surface area contributed by atoms with Gasteiger partial charge >= 0.3 is 0 Å². The van der Waals surface area contributed by atoms with E-state index in [1.807, 2.05) is 30.3 Å². The Balaban J connectivity index is 1.71. The van der Waals surface area contributed by atoms with Gasteiger partial charge < -0.3 is 9.30 Å². The highest BCUT2D eigenvalue weighted by molar-refractivity contribution is 5.21. The summed E-state index contributed by atoms with van der Waals surface area (Å²) >= 11 is 0. The summed E-state index contributed by atoms with van der Waals surface area (Å²) < 4.78 is 7.88. The van der Waals surface area contributed by atoms with Crippen LogP contribution < -0.4 is 4.74 Å². The zero-order valence-electron chi connectivity index (χ0n) is 9.67. The molecule has 2 aromatic rings. The van der Waals surface area contributed by atoms with E-state index < -0.39 is 0 Å². The third kappa shape index (κ3) is 2.16. The number of aryl methyl sites for hydroxylation is 1. The minimum Gasteiger partial charge on any atom is -0.486 e. The van der Waals surface area contributed by atoms with E-state index in [-0.39, 0.29) is 0 Å². The van der Waals surface area contributed by atoms with E-state index >= 15 is 0 Å². The van der Waals surface area contributed by atoms with Gasteiger partial charge in [-0.3, -0.25) is 0 Å². The number of fused-ring (bicyclic) bond motifs is 1. The summed E-state index contributed by atoms with van der Waals surface area (Å²) in [7, 11) is 0. The number of para-hydroxylation sites is 1. The molecule has 2 heterocycles. The Morgan fingerprint density at radius 1 is 1.12 bits per heavy atom. The van der Waals surface area contributed by atoms with Crippen molar-refractivity contribution in [1.82, 2.24) is 14.8 Å². The van der Waals surface area contributed by atoms with E-state index in [2.05, 4.69) is 14.8 Å². The van der Waals surface area contributed by atoms with Gasteiger partial charge in [0.15, 0.2) is 5.82 Å². The molecule has 0 saturated carbocycles. The number of ether oxygens (including phenoxy) is 1. The van der Waals surface area contributed by atoms with Crippen LogP contribution in [-0.2, 0) is 19.6 Å². The van der Waals surface area contributed by atoms with Crippen LogP contribution in [0.3, 0.4) is 0 Å². The van der Waals surface area contributed by atoms with Gasteiger partial charge in [0, 0.05) is 13.0 Å². The van der Waals surface area contributed by atoms with Gasteiger partial charge in [0.2, 0.25) is 0 Å². The lowest BCUT2D eigenvalue weighted by molar-refractivity contribution is 0.286. The second-order valence-corrected chi connectivity index (χ2v) is 4.24. The fourth-order valence-corrected chi connectivity index (χ4v) is 2.14. The van der Waals surface area contributed by atoms with Crippen molar-refractivity contribution in [2.24, 2.45) is 0 Å². The third-order valence-electron chi connectivity index (χ3n) is 3.05. The minimum atomic E-state index is 0.497. The van der Waals surface area contributed by atoms with Gasteiger partial charge in [0.1, 0.15) is 18.2 Å². The quantitative estimate of drug-likeness (QED) is 0.810. The minimum absolute atomic E-state index is 0.497. The normalized spacial score (nSPS) is 14.4. The molecule has 0 spiro atoms. The smallest absolute Gasteiger partial charge is 0.171 e. The van der Waals surface area contributed by atoms with E-state index in [9.17, 15) is 0 Å². The maximum absolute atomic E-state index is 5.69. The lowest BCUT2D eigenvalue weighted by atomic mass is 10.2. The van der Waals surface area contributed by atoms with Crippen molar-refractivity contribution in [3.63, 3.8) is 0 Å². The van der Waals surface area contributed by atoms with Crippen molar-refractivity contribution < 1.29 is 4.74 Å². The zero-order chi connectivity index (χ0) is 11.5. The molecule has 0 aliphatic carbocycles. The molecular formula is C13H15N3O. The van der Waals surface area contributed by atoms with Crippen LogP contribution in [0.1, 0.15) is 24.5 Å². The van der Waals surface area contributed by atoms with Crippen molar-refractivity contribution in [3.8, 4) is 5.75 Å². The number of hydrogen-bond donors (Lipinski definition) is 0. The molecule has 0 atom stereocenters. The highest BCUT2D eigenvalue weighted by Crippen LogP contribution is 2.16. The van der Waals surface area contributed by atoms with Crippen LogP contribution in [0, 0.1) is 0 Å². The summed E-state index contributed by atoms with van der Waals surface area (Å²) in [4.78, 5) is 0. The van der Waals surface area contributed by atoms with Gasteiger partial charge in [-0.1, -0.05) is 18.2 Å². The molecule has 0 amide bonds. The fraction of sp³-hybridized carbons (Fsp3) is 0.385. The molecule has 3 rings (SSSR count). The monoisotopic (exact) mass is 229 g/mol. The van der Waals surface area contributed by atoms with Crippen molar-refractivity contribution in [3.05, 3.63) is 42.0 Å². The van der Waals surface area contributed by atoms with Crippen LogP contribution in [0.4, 0.5) is 0 Å². The Hall–Kier alpha value is -1.84. The molecule has 17 heavy (non-hydrogen) atoms. The van der Waals surface area contributed by atoms with Crippen molar-refractivity contribution in [2.45, 2.75) is 32.4 Å². The standard InChI is InChI=1S/C13H15N3O/c1-2-6-11(7-3-1)17-10-13-15-14-12-8-4-5-9-16(12)13/h1-3,6-7H,4-5,8-10H2. The first-order chi connectivity index (χ1) is 8.43. The predicted molar refractivity (Wildman–Crippen MR) is 63.7 cm³/mol. The number of hydrogen-bond acceptors (Lipinski definition) is 3. The van der Waals surface area contributed by atoms with Crippen LogP contribution in [-0.4, -0.2) is 14.8 Å². The largest absolute Gasteiger partial charge is 0.486 e. The first kappa shape index (κ1) is 10.3. The molecule has 0 fully saturated rings. The molecule has 1 aromatic heterocycles. The Morgan fingerprint density at radius 3 is 2.88 bits per heavy atom. The predicted octanol–water partition coefficient (Wildman–Crippen LogP) is 2.19. The number of aromatic nitrogens is 3. The molecule has 1 aromatic carbocycles. The highest BCUT2D eigenvalue weighted by atomic mass is 16.5. The van der Waals surface area contributed by atoms with Crippen LogP contribution in [0.15, 0.2) is 30.3 Å². The third-order valence-corrected chi connectivity index (χ3v) is 3.05. The van der Waals surface area contributed by atoms with E-state index in [1.54, 1.807) is 0 Å². The SMILES string of the molecule is c1ccc(OCc2nnc3n2CCCC3)cc1. The molecule has 88 valence electrons. The van der Waals surface area contributed by atoms with E-state index in [4.69, 9.17) is 4.74 Å². The van der Waals surface area contributed by atoms with Gasteiger partial charge in [0.25, 0.3) is 0 Å². The fourth-order valence-electron chi connectivity index (χ4n) is 2.14. The second-order valence-electron chi connectivity index (χ2n) is 4.24. The Kier molecular flexibility index (Phi) is 2.78. The molecule has 0 radical (unpaired) electrons.